The molecule has 0 saturated carbocycles. The maximum Gasteiger partial charge on any atom is 0.330 e. The van der Waals surface area contributed by atoms with E-state index < -0.39 is 10.1 Å². The Morgan fingerprint density at radius 3 is 2.73 bits per heavy atom. The Balaban J connectivity index is 2.92. The van der Waals surface area contributed by atoms with Crippen LogP contribution < -0.4 is 0 Å². The van der Waals surface area contributed by atoms with Gasteiger partial charge in [-0.3, -0.25) is 12.3 Å². The van der Waals surface area contributed by atoms with Crippen LogP contribution in [-0.2, 0) is 14.3 Å². The van der Waals surface area contributed by atoms with Crippen molar-refractivity contribution in [3.05, 3.63) is 0 Å². The lowest BCUT2D eigenvalue weighted by Gasteiger charge is -2.08. The van der Waals surface area contributed by atoms with E-state index in [-0.39, 0.29) is 5.17 Å². The molecular weight excluding hydrogens is 283 g/mol. The highest BCUT2D eigenvalue weighted by atomic mass is 127. The van der Waals surface area contributed by atoms with Crippen LogP contribution in [0.1, 0.15) is 0 Å². The van der Waals surface area contributed by atoms with Gasteiger partial charge in [-0.25, -0.2) is 0 Å². The molecule has 0 radical (unpaired) electrons. The van der Waals surface area contributed by atoms with Crippen LogP contribution in [0, 0.1) is 0 Å². The predicted octanol–water partition coefficient (Wildman–Crippen LogP) is -0.0158. The third-order valence-electron chi connectivity index (χ3n) is 1.19. The highest BCUT2D eigenvalue weighted by Crippen LogP contribution is 2.13. The van der Waals surface area contributed by atoms with Gasteiger partial charge < -0.3 is 0 Å². The summed E-state index contributed by atoms with van der Waals surface area (Å²) in [6, 6.07) is 0. The quantitative estimate of drug-likeness (QED) is 0.387. The molecule has 0 atom stereocenters. The number of rotatable bonds is 1. The van der Waals surface area contributed by atoms with E-state index in [4.69, 9.17) is 0 Å². The van der Waals surface area contributed by atoms with Gasteiger partial charge in [0.1, 0.15) is 0 Å². The van der Waals surface area contributed by atoms with E-state index in [1.165, 1.54) is 3.11 Å². The monoisotopic (exact) mass is 290 g/mol. The Morgan fingerprint density at radius 1 is 1.73 bits per heavy atom. The number of hydrogen-bond donors (Lipinski definition) is 0. The molecule has 1 aliphatic rings. The van der Waals surface area contributed by atoms with Crippen LogP contribution in [0.5, 0.6) is 0 Å². The summed E-state index contributed by atoms with van der Waals surface area (Å²) in [6.45, 7) is 1.14. The van der Waals surface area contributed by atoms with Crippen LogP contribution in [0.4, 0.5) is 0 Å². The van der Waals surface area contributed by atoms with Crippen molar-refractivity contribution >= 4 is 38.2 Å². The van der Waals surface area contributed by atoms with Gasteiger partial charge in [0, 0.05) is 0 Å². The van der Waals surface area contributed by atoms with Crippen LogP contribution in [0.2, 0.25) is 0 Å². The van der Waals surface area contributed by atoms with Crippen LogP contribution in [0.3, 0.4) is 0 Å². The molecule has 0 saturated heterocycles. The van der Waals surface area contributed by atoms with Gasteiger partial charge >= 0.3 is 10.1 Å². The minimum atomic E-state index is -3.58. The molecule has 1 aliphatic heterocycles. The van der Waals surface area contributed by atoms with E-state index in [1.54, 1.807) is 0 Å². The van der Waals surface area contributed by atoms with E-state index in [0.717, 1.165) is 7.11 Å². The summed E-state index contributed by atoms with van der Waals surface area (Å²) in [7, 11) is -2.45. The first kappa shape index (κ1) is 9.20. The summed E-state index contributed by atoms with van der Waals surface area (Å²) in [5, 5.41) is 0.0144. The molecule has 0 amide bonds. The van der Waals surface area contributed by atoms with E-state index in [1.807, 2.05) is 22.9 Å². The molecule has 0 N–H and O–H groups in total. The number of hydrogen-bond acceptors (Lipinski definition) is 5. The highest BCUT2D eigenvalue weighted by Gasteiger charge is 2.27. The molecule has 7 heteroatoms. The number of amidine groups is 1. The predicted molar refractivity (Wildman–Crippen MR) is 49.0 cm³/mol. The first-order valence-electron chi connectivity index (χ1n) is 2.86. The standard InChI is InChI=1S/C4H7IN2O3S/c1-10-11(8,9)4-6-2-3-7(4)5/h2-3H2,1H3. The van der Waals surface area contributed by atoms with Gasteiger partial charge in [0.05, 0.1) is 43.1 Å². The lowest BCUT2D eigenvalue weighted by molar-refractivity contribution is 0.407. The summed E-state index contributed by atoms with van der Waals surface area (Å²) in [5.41, 5.74) is 0. The summed E-state index contributed by atoms with van der Waals surface area (Å²) in [5.74, 6) is 0. The van der Waals surface area contributed by atoms with Gasteiger partial charge in [0.25, 0.3) is 5.17 Å². The molecule has 0 aromatic carbocycles. The summed E-state index contributed by atoms with van der Waals surface area (Å²) >= 11 is 1.89. The number of aliphatic imine (C=N–C) groups is 1. The average molecular weight is 290 g/mol. The first-order chi connectivity index (χ1) is 5.08. The van der Waals surface area contributed by atoms with Crippen LogP contribution in [-0.4, -0.2) is 36.9 Å². The molecule has 0 aromatic rings. The molecule has 0 aliphatic carbocycles. The van der Waals surface area contributed by atoms with E-state index in [2.05, 4.69) is 9.18 Å². The van der Waals surface area contributed by atoms with Gasteiger partial charge in [-0.05, 0) is 0 Å². The zero-order chi connectivity index (χ0) is 8.48. The highest BCUT2D eigenvalue weighted by molar-refractivity contribution is 14.1. The second-order valence-electron chi connectivity index (χ2n) is 1.87. The Labute approximate surface area is 79.0 Å². The summed E-state index contributed by atoms with van der Waals surface area (Å²) in [4.78, 5) is 3.78. The zero-order valence-corrected chi connectivity index (χ0v) is 8.79. The lowest BCUT2D eigenvalue weighted by Crippen LogP contribution is -2.26. The van der Waals surface area contributed by atoms with E-state index in [9.17, 15) is 8.42 Å². The van der Waals surface area contributed by atoms with Crippen molar-refractivity contribution in [3.63, 3.8) is 0 Å². The van der Waals surface area contributed by atoms with Crippen molar-refractivity contribution < 1.29 is 12.6 Å². The Hall–Kier alpha value is 0.110. The minimum Gasteiger partial charge on any atom is -0.286 e. The zero-order valence-electron chi connectivity index (χ0n) is 5.82. The fraction of sp³-hybridized carbons (Fsp3) is 0.750. The third-order valence-corrected chi connectivity index (χ3v) is 3.70. The lowest BCUT2D eigenvalue weighted by atomic mass is 10.7. The molecule has 0 bridgehead atoms. The maximum atomic E-state index is 11.0. The second-order valence-corrected chi connectivity index (χ2v) is 4.64. The average Bonchev–Trinajstić information content (AvgIpc) is 2.36. The van der Waals surface area contributed by atoms with Crippen LogP contribution in [0.25, 0.3) is 0 Å². The SMILES string of the molecule is COS(=O)(=O)C1=NCCN1I. The topological polar surface area (TPSA) is 59.0 Å². The maximum absolute atomic E-state index is 11.0. The van der Waals surface area contributed by atoms with Crippen molar-refractivity contribution in [2.24, 2.45) is 4.99 Å². The van der Waals surface area contributed by atoms with Crippen molar-refractivity contribution in [2.45, 2.75) is 0 Å². The molecule has 11 heavy (non-hydrogen) atoms. The molecule has 0 unspecified atom stereocenters. The Morgan fingerprint density at radius 2 is 2.36 bits per heavy atom. The van der Waals surface area contributed by atoms with Gasteiger partial charge in [-0.1, -0.05) is 0 Å². The fourth-order valence-corrected chi connectivity index (χ4v) is 2.51. The number of nitrogens with zero attached hydrogens (tertiary/aromatic N) is 2. The molecule has 64 valence electrons. The van der Waals surface area contributed by atoms with Crippen LogP contribution >= 0.6 is 22.9 Å². The largest absolute Gasteiger partial charge is 0.330 e. The third kappa shape index (κ3) is 1.82. The van der Waals surface area contributed by atoms with Crippen LogP contribution in [0.15, 0.2) is 4.99 Å². The van der Waals surface area contributed by atoms with Gasteiger partial charge in [0.2, 0.25) is 0 Å². The fourth-order valence-electron chi connectivity index (χ4n) is 0.681. The first-order valence-corrected chi connectivity index (χ1v) is 5.23. The number of halogens is 1. The molecule has 0 spiro atoms. The van der Waals surface area contributed by atoms with Crippen molar-refractivity contribution in [3.8, 4) is 0 Å². The normalized spacial score (nSPS) is 18.7. The van der Waals surface area contributed by atoms with Crippen molar-refractivity contribution in [1.29, 1.82) is 0 Å². The smallest absolute Gasteiger partial charge is 0.286 e. The summed E-state index contributed by atoms with van der Waals surface area (Å²) in [6.07, 6.45) is 0. The second kappa shape index (κ2) is 3.23. The molecule has 0 aromatic heterocycles. The van der Waals surface area contributed by atoms with Gasteiger partial charge in [0.15, 0.2) is 0 Å². The minimum absolute atomic E-state index is 0.0144. The molecule has 1 heterocycles. The Kier molecular flexibility index (Phi) is 2.70. The molecule has 0 fully saturated rings. The molecule has 5 nitrogen and oxygen atoms in total. The molecular formula is C4H7IN2O3S. The van der Waals surface area contributed by atoms with E-state index in [0.29, 0.717) is 13.1 Å². The van der Waals surface area contributed by atoms with Gasteiger partial charge in [-0.15, -0.1) is 0 Å². The van der Waals surface area contributed by atoms with Crippen molar-refractivity contribution in [2.75, 3.05) is 20.2 Å². The molecule has 1 rings (SSSR count). The van der Waals surface area contributed by atoms with E-state index >= 15 is 0 Å². The summed E-state index contributed by atoms with van der Waals surface area (Å²) < 4.78 is 27.8. The van der Waals surface area contributed by atoms with Gasteiger partial charge in [-0.2, -0.15) is 8.42 Å². The Bertz CT molecular complexity index is 273. The van der Waals surface area contributed by atoms with Crippen molar-refractivity contribution in [1.82, 2.24) is 3.11 Å².